The van der Waals surface area contributed by atoms with Crippen LogP contribution in [0.2, 0.25) is 0 Å². The number of carbonyl (C=O) groups is 1. The van der Waals surface area contributed by atoms with Crippen LogP contribution >= 0.6 is 0 Å². The van der Waals surface area contributed by atoms with Crippen LogP contribution in [0.15, 0.2) is 12.3 Å². The zero-order valence-corrected chi connectivity index (χ0v) is 8.26. The second-order valence-corrected chi connectivity index (χ2v) is 3.20. The van der Waals surface area contributed by atoms with E-state index in [-0.39, 0.29) is 25.3 Å². The van der Waals surface area contributed by atoms with Crippen molar-refractivity contribution in [2.75, 3.05) is 26.3 Å². The number of hydrogen-bond donors (Lipinski definition) is 2. The summed E-state index contributed by atoms with van der Waals surface area (Å²) in [4.78, 5) is 14.7. The molecule has 0 fully saturated rings. The van der Waals surface area contributed by atoms with Crippen molar-refractivity contribution in [1.82, 2.24) is 9.80 Å². The average molecular weight is 200 g/mol. The predicted octanol–water partition coefficient (Wildman–Crippen LogP) is -0.389. The van der Waals surface area contributed by atoms with Crippen molar-refractivity contribution < 1.29 is 15.0 Å². The van der Waals surface area contributed by atoms with Gasteiger partial charge in [0.05, 0.1) is 25.8 Å². The fraction of sp³-hybridized carbons (Fsp3) is 0.667. The Kier molecular flexibility index (Phi) is 3.91. The van der Waals surface area contributed by atoms with Crippen LogP contribution in [-0.4, -0.2) is 58.4 Å². The molecule has 1 aliphatic rings. The number of urea groups is 1. The lowest BCUT2D eigenvalue weighted by Gasteiger charge is -2.35. The minimum absolute atomic E-state index is 0.00425. The first kappa shape index (κ1) is 11.0. The van der Waals surface area contributed by atoms with E-state index in [4.69, 9.17) is 10.2 Å². The number of amides is 2. The van der Waals surface area contributed by atoms with Crippen molar-refractivity contribution in [2.24, 2.45) is 0 Å². The molecular formula is C9H16N2O3. The van der Waals surface area contributed by atoms with E-state index >= 15 is 0 Å². The smallest absolute Gasteiger partial charge is 0.324 e. The first-order valence-electron chi connectivity index (χ1n) is 4.68. The Labute approximate surface area is 83.2 Å². The summed E-state index contributed by atoms with van der Waals surface area (Å²) >= 11 is 0. The molecule has 2 N–H and O–H groups in total. The zero-order chi connectivity index (χ0) is 10.6. The van der Waals surface area contributed by atoms with Crippen molar-refractivity contribution in [3.63, 3.8) is 0 Å². The number of aliphatic hydroxyl groups is 2. The molecule has 5 nitrogen and oxygen atoms in total. The number of aliphatic hydroxyl groups excluding tert-OH is 2. The van der Waals surface area contributed by atoms with Gasteiger partial charge in [0.1, 0.15) is 0 Å². The van der Waals surface area contributed by atoms with Gasteiger partial charge < -0.3 is 15.1 Å². The van der Waals surface area contributed by atoms with E-state index in [2.05, 4.69) is 0 Å². The number of carbonyl (C=O) groups excluding carboxylic acids is 1. The third-order valence-corrected chi connectivity index (χ3v) is 2.21. The molecule has 1 atom stereocenters. The molecule has 1 rings (SSSR count). The Morgan fingerprint density at radius 3 is 2.57 bits per heavy atom. The fourth-order valence-corrected chi connectivity index (χ4v) is 1.42. The molecule has 1 heterocycles. The number of nitrogens with zero attached hydrogens (tertiary/aromatic N) is 2. The van der Waals surface area contributed by atoms with Gasteiger partial charge in [-0.3, -0.25) is 4.90 Å². The van der Waals surface area contributed by atoms with Crippen LogP contribution < -0.4 is 0 Å². The van der Waals surface area contributed by atoms with Crippen LogP contribution in [0.1, 0.15) is 6.92 Å². The van der Waals surface area contributed by atoms with Gasteiger partial charge in [-0.2, -0.15) is 0 Å². The molecule has 2 amide bonds. The molecule has 1 aliphatic heterocycles. The summed E-state index contributed by atoms with van der Waals surface area (Å²) in [6, 6.07) is -0.160. The van der Waals surface area contributed by atoms with Gasteiger partial charge in [-0.1, -0.05) is 0 Å². The van der Waals surface area contributed by atoms with Gasteiger partial charge in [0, 0.05) is 12.7 Å². The summed E-state index contributed by atoms with van der Waals surface area (Å²) in [5.41, 5.74) is 0. The zero-order valence-electron chi connectivity index (χ0n) is 8.26. The average Bonchev–Trinajstić information content (AvgIpc) is 2.17. The predicted molar refractivity (Wildman–Crippen MR) is 51.6 cm³/mol. The standard InChI is InChI=1S/C9H16N2O3/c1-8-2-3-10(4-6-12)9(14)11(8)5-7-13/h2-3,8,12-13H,4-7H2,1H3. The van der Waals surface area contributed by atoms with Gasteiger partial charge in [-0.05, 0) is 13.0 Å². The van der Waals surface area contributed by atoms with Gasteiger partial charge in [-0.15, -0.1) is 0 Å². The van der Waals surface area contributed by atoms with E-state index in [1.165, 1.54) is 4.90 Å². The Morgan fingerprint density at radius 2 is 2.00 bits per heavy atom. The van der Waals surface area contributed by atoms with E-state index in [9.17, 15) is 4.79 Å². The van der Waals surface area contributed by atoms with Crippen molar-refractivity contribution >= 4 is 6.03 Å². The lowest BCUT2D eigenvalue weighted by Crippen LogP contribution is -2.49. The van der Waals surface area contributed by atoms with E-state index in [0.29, 0.717) is 13.1 Å². The van der Waals surface area contributed by atoms with Crippen molar-refractivity contribution in [3.8, 4) is 0 Å². The highest BCUT2D eigenvalue weighted by Crippen LogP contribution is 2.12. The van der Waals surface area contributed by atoms with Gasteiger partial charge in [0.2, 0.25) is 0 Å². The SMILES string of the molecule is CC1C=CN(CCO)C(=O)N1CCO. The molecule has 80 valence electrons. The minimum Gasteiger partial charge on any atom is -0.395 e. The molecule has 0 spiro atoms. The van der Waals surface area contributed by atoms with E-state index in [1.54, 1.807) is 11.1 Å². The number of β-amino-alcohol motifs (C(OH)–C–C–N with tert-alkyl or cyclic N) is 2. The third-order valence-electron chi connectivity index (χ3n) is 2.21. The summed E-state index contributed by atoms with van der Waals surface area (Å²) in [5, 5.41) is 17.5. The minimum atomic E-state index is -0.164. The molecule has 0 aromatic carbocycles. The van der Waals surface area contributed by atoms with E-state index in [1.807, 2.05) is 13.0 Å². The van der Waals surface area contributed by atoms with Gasteiger partial charge in [-0.25, -0.2) is 4.79 Å². The first-order valence-corrected chi connectivity index (χ1v) is 4.68. The Bertz CT molecular complexity index is 230. The molecule has 14 heavy (non-hydrogen) atoms. The lowest BCUT2D eigenvalue weighted by molar-refractivity contribution is 0.129. The quantitative estimate of drug-likeness (QED) is 0.649. The molecular weight excluding hydrogens is 184 g/mol. The Hall–Kier alpha value is -1.07. The molecule has 0 bridgehead atoms. The topological polar surface area (TPSA) is 64.0 Å². The van der Waals surface area contributed by atoms with Crippen LogP contribution in [0.4, 0.5) is 4.79 Å². The van der Waals surface area contributed by atoms with Crippen LogP contribution in [0.3, 0.4) is 0 Å². The fourth-order valence-electron chi connectivity index (χ4n) is 1.42. The van der Waals surface area contributed by atoms with E-state index < -0.39 is 0 Å². The second-order valence-electron chi connectivity index (χ2n) is 3.20. The van der Waals surface area contributed by atoms with Crippen molar-refractivity contribution in [1.29, 1.82) is 0 Å². The number of rotatable bonds is 4. The highest BCUT2D eigenvalue weighted by Gasteiger charge is 2.25. The highest BCUT2D eigenvalue weighted by atomic mass is 16.3. The van der Waals surface area contributed by atoms with Crippen molar-refractivity contribution in [2.45, 2.75) is 13.0 Å². The maximum atomic E-state index is 11.7. The van der Waals surface area contributed by atoms with Crippen LogP contribution in [0.25, 0.3) is 0 Å². The molecule has 0 radical (unpaired) electrons. The summed E-state index contributed by atoms with van der Waals surface area (Å²) in [6.07, 6.45) is 3.55. The van der Waals surface area contributed by atoms with Gasteiger partial charge >= 0.3 is 6.03 Å². The largest absolute Gasteiger partial charge is 0.395 e. The molecule has 0 aromatic heterocycles. The maximum Gasteiger partial charge on any atom is 0.324 e. The van der Waals surface area contributed by atoms with Crippen molar-refractivity contribution in [3.05, 3.63) is 12.3 Å². The maximum absolute atomic E-state index is 11.7. The summed E-state index contributed by atoms with van der Waals surface area (Å²) in [6.45, 7) is 2.41. The van der Waals surface area contributed by atoms with Gasteiger partial charge in [0.15, 0.2) is 0 Å². The van der Waals surface area contributed by atoms with Gasteiger partial charge in [0.25, 0.3) is 0 Å². The first-order chi connectivity index (χ1) is 6.70. The van der Waals surface area contributed by atoms with E-state index in [0.717, 1.165) is 0 Å². The Morgan fingerprint density at radius 1 is 1.36 bits per heavy atom. The molecule has 5 heteroatoms. The summed E-state index contributed by atoms with van der Waals surface area (Å²) in [7, 11) is 0. The molecule has 0 saturated heterocycles. The number of hydrogen-bond acceptors (Lipinski definition) is 3. The lowest BCUT2D eigenvalue weighted by atomic mass is 10.2. The molecule has 0 aliphatic carbocycles. The summed E-state index contributed by atoms with van der Waals surface area (Å²) < 4.78 is 0. The normalized spacial score (nSPS) is 21.9. The highest BCUT2D eigenvalue weighted by molar-refractivity contribution is 5.77. The molecule has 0 aromatic rings. The summed E-state index contributed by atoms with van der Waals surface area (Å²) in [5.74, 6) is 0. The monoisotopic (exact) mass is 200 g/mol. The third kappa shape index (κ3) is 2.24. The second kappa shape index (κ2) is 4.97. The molecule has 0 saturated carbocycles. The van der Waals surface area contributed by atoms with Crippen LogP contribution in [-0.2, 0) is 0 Å². The Balaban J connectivity index is 2.68. The van der Waals surface area contributed by atoms with Crippen LogP contribution in [0, 0.1) is 0 Å². The molecule has 1 unspecified atom stereocenters. The van der Waals surface area contributed by atoms with Crippen LogP contribution in [0.5, 0.6) is 0 Å².